The number of ketones is 2. The zero-order chi connectivity index (χ0) is 24.1. The Hall–Kier alpha value is -1.63. The number of rotatable bonds is 5. The minimum absolute atomic E-state index is 0.0665. The molecule has 1 saturated heterocycles. The molecule has 1 aromatic carbocycles. The summed E-state index contributed by atoms with van der Waals surface area (Å²) >= 11 is 10.6. The van der Waals surface area contributed by atoms with Crippen molar-refractivity contribution >= 4 is 39.1 Å². The van der Waals surface area contributed by atoms with E-state index in [4.69, 9.17) is 16.3 Å². The molecule has 3 rings (SSSR count). The summed E-state index contributed by atoms with van der Waals surface area (Å²) < 4.78 is 6.42. The van der Waals surface area contributed by atoms with Crippen LogP contribution in [0.1, 0.15) is 81.0 Å². The number of phenols is 2. The Kier molecular flexibility index (Phi) is 6.73. The molecule has 0 spiro atoms. The van der Waals surface area contributed by atoms with Crippen LogP contribution in [0.2, 0.25) is 0 Å². The van der Waals surface area contributed by atoms with Crippen LogP contribution in [0.25, 0.3) is 0 Å². The topological polar surface area (TPSA) is 83.8 Å². The summed E-state index contributed by atoms with van der Waals surface area (Å²) in [5.74, 6) is -1.84. The molecule has 32 heavy (non-hydrogen) atoms. The predicted octanol–water partition coefficient (Wildman–Crippen LogP) is 6.24. The first-order chi connectivity index (χ1) is 14.7. The third-order valence-corrected chi connectivity index (χ3v) is 8.48. The van der Waals surface area contributed by atoms with Gasteiger partial charge in [0.2, 0.25) is 0 Å². The number of carbonyl (C=O) groups excluding carboxylic acids is 2. The maximum atomic E-state index is 13.9. The number of ether oxygens (including phenoxy) is 1. The Morgan fingerprint density at radius 2 is 1.84 bits per heavy atom. The normalized spacial score (nSPS) is 29.3. The van der Waals surface area contributed by atoms with E-state index in [1.807, 2.05) is 40.7 Å². The van der Waals surface area contributed by atoms with E-state index in [1.165, 1.54) is 11.6 Å². The van der Waals surface area contributed by atoms with Gasteiger partial charge in [0.1, 0.15) is 16.4 Å². The Labute approximate surface area is 202 Å². The van der Waals surface area contributed by atoms with Crippen molar-refractivity contribution in [2.75, 3.05) is 0 Å². The number of Topliss-reactive ketones (excluding diaryl/α,β-unsaturated/α-hetero) is 2. The first kappa shape index (κ1) is 25.0. The average Bonchev–Trinajstić information content (AvgIpc) is 2.67. The van der Waals surface area contributed by atoms with Crippen LogP contribution >= 0.6 is 27.5 Å². The SMILES string of the molecule is CC(C)=CCCC(C)=CC[C@@]12OC(C)(C)[C@H](Br)C[C@]1(Cl)C(=O)c1c(O)cc(O)cc1C2=O. The van der Waals surface area contributed by atoms with E-state index in [0.717, 1.165) is 24.5 Å². The molecule has 2 N–H and O–H groups in total. The standard InChI is InChI=1S/C25H30BrClO5/c1-14(2)7-6-8-15(3)9-10-25-21(30)17-11-16(28)12-18(29)20(17)22(31)24(25,27)13-19(26)23(4,5)32-25/h7,9,11-12,19,28-29H,6,8,10,13H2,1-5H3/t19-,24+,25+/m1/s1. The first-order valence-corrected chi connectivity index (χ1v) is 12.0. The lowest BCUT2D eigenvalue weighted by Gasteiger charge is -2.56. The van der Waals surface area contributed by atoms with Crippen LogP contribution < -0.4 is 0 Å². The van der Waals surface area contributed by atoms with Crippen molar-refractivity contribution in [1.29, 1.82) is 0 Å². The first-order valence-electron chi connectivity index (χ1n) is 10.7. The summed E-state index contributed by atoms with van der Waals surface area (Å²) in [6, 6.07) is 2.25. The number of hydrogen-bond acceptors (Lipinski definition) is 5. The molecular weight excluding hydrogens is 496 g/mol. The highest BCUT2D eigenvalue weighted by Gasteiger charge is 2.69. The summed E-state index contributed by atoms with van der Waals surface area (Å²) in [7, 11) is 0. The summed E-state index contributed by atoms with van der Waals surface area (Å²) in [4.78, 5) is 25.6. The molecule has 1 aliphatic heterocycles. The molecule has 1 fully saturated rings. The third-order valence-electron chi connectivity index (χ3n) is 6.42. The van der Waals surface area contributed by atoms with E-state index in [0.29, 0.717) is 0 Å². The van der Waals surface area contributed by atoms with Crippen LogP contribution in [0, 0.1) is 0 Å². The van der Waals surface area contributed by atoms with Gasteiger partial charge in [-0.2, -0.15) is 0 Å². The second-order valence-corrected chi connectivity index (χ2v) is 11.4. The maximum absolute atomic E-state index is 13.9. The number of alkyl halides is 2. The molecule has 5 nitrogen and oxygen atoms in total. The molecule has 2 aliphatic rings. The van der Waals surface area contributed by atoms with Crippen molar-refractivity contribution < 1.29 is 24.5 Å². The minimum Gasteiger partial charge on any atom is -0.508 e. The zero-order valence-electron chi connectivity index (χ0n) is 19.1. The number of halogens is 2. The van der Waals surface area contributed by atoms with E-state index in [1.54, 1.807) is 0 Å². The Balaban J connectivity index is 2.14. The molecule has 3 atom stereocenters. The highest BCUT2D eigenvalue weighted by atomic mass is 79.9. The van der Waals surface area contributed by atoms with Gasteiger partial charge >= 0.3 is 0 Å². The molecular formula is C25H30BrClO5. The molecule has 0 bridgehead atoms. The summed E-state index contributed by atoms with van der Waals surface area (Å²) in [6.45, 7) is 9.77. The van der Waals surface area contributed by atoms with Gasteiger partial charge in [-0.1, -0.05) is 39.2 Å². The largest absolute Gasteiger partial charge is 0.508 e. The lowest BCUT2D eigenvalue weighted by Crippen LogP contribution is -2.72. The number of carbonyl (C=O) groups is 2. The van der Waals surface area contributed by atoms with Crippen LogP contribution in [0.15, 0.2) is 35.4 Å². The lowest BCUT2D eigenvalue weighted by atomic mass is 9.63. The molecule has 0 saturated carbocycles. The fourth-order valence-corrected chi connectivity index (χ4v) is 5.72. The van der Waals surface area contributed by atoms with Crippen LogP contribution in [-0.2, 0) is 4.74 Å². The second kappa shape index (κ2) is 8.62. The van der Waals surface area contributed by atoms with Gasteiger partial charge in [0.15, 0.2) is 17.2 Å². The van der Waals surface area contributed by atoms with Gasteiger partial charge in [0, 0.05) is 22.9 Å². The van der Waals surface area contributed by atoms with Crippen molar-refractivity contribution in [3.63, 3.8) is 0 Å². The van der Waals surface area contributed by atoms with E-state index in [9.17, 15) is 19.8 Å². The zero-order valence-corrected chi connectivity index (χ0v) is 21.4. The number of benzene rings is 1. The highest BCUT2D eigenvalue weighted by molar-refractivity contribution is 9.09. The number of aromatic hydroxyl groups is 2. The van der Waals surface area contributed by atoms with Gasteiger partial charge in [-0.15, -0.1) is 11.6 Å². The monoisotopic (exact) mass is 524 g/mol. The molecule has 1 heterocycles. The molecule has 0 unspecified atom stereocenters. The van der Waals surface area contributed by atoms with E-state index in [2.05, 4.69) is 22.0 Å². The summed E-state index contributed by atoms with van der Waals surface area (Å²) in [5.41, 5.74) is -0.378. The molecule has 174 valence electrons. The van der Waals surface area contributed by atoms with E-state index >= 15 is 0 Å². The number of hydrogen-bond donors (Lipinski definition) is 2. The molecule has 0 aromatic heterocycles. The number of allylic oxidation sites excluding steroid dienone is 3. The van der Waals surface area contributed by atoms with Crippen LogP contribution in [0.5, 0.6) is 11.5 Å². The summed E-state index contributed by atoms with van der Waals surface area (Å²) in [5, 5.41) is 20.4. The highest BCUT2D eigenvalue weighted by Crippen LogP contribution is 2.57. The van der Waals surface area contributed by atoms with Gasteiger partial charge in [-0.25, -0.2) is 0 Å². The van der Waals surface area contributed by atoms with E-state index in [-0.39, 0.29) is 34.5 Å². The van der Waals surface area contributed by atoms with Crippen LogP contribution in [0.4, 0.5) is 0 Å². The second-order valence-electron chi connectivity index (χ2n) is 9.63. The lowest BCUT2D eigenvalue weighted by molar-refractivity contribution is -0.154. The molecule has 0 amide bonds. The molecule has 0 radical (unpaired) electrons. The minimum atomic E-state index is -1.70. The van der Waals surface area contributed by atoms with Gasteiger partial charge in [-0.3, -0.25) is 9.59 Å². The molecule has 1 aromatic rings. The van der Waals surface area contributed by atoms with Crippen LogP contribution in [-0.4, -0.2) is 42.7 Å². The van der Waals surface area contributed by atoms with Gasteiger partial charge in [0.25, 0.3) is 0 Å². The predicted molar refractivity (Wildman–Crippen MR) is 129 cm³/mol. The fraction of sp³-hybridized carbons (Fsp3) is 0.520. The van der Waals surface area contributed by atoms with Gasteiger partial charge in [0.05, 0.1) is 11.2 Å². The van der Waals surface area contributed by atoms with E-state index < -0.39 is 33.4 Å². The fourth-order valence-electron chi connectivity index (χ4n) is 4.50. The maximum Gasteiger partial charge on any atom is 0.198 e. The Bertz CT molecular complexity index is 1020. The Morgan fingerprint density at radius 1 is 1.19 bits per heavy atom. The number of fused-ring (bicyclic) bond motifs is 2. The van der Waals surface area contributed by atoms with Gasteiger partial charge < -0.3 is 14.9 Å². The van der Waals surface area contributed by atoms with Crippen molar-refractivity contribution in [3.05, 3.63) is 46.6 Å². The quantitative estimate of drug-likeness (QED) is 0.351. The Morgan fingerprint density at radius 3 is 2.47 bits per heavy atom. The average molecular weight is 526 g/mol. The molecule has 7 heteroatoms. The van der Waals surface area contributed by atoms with Crippen LogP contribution in [0.3, 0.4) is 0 Å². The van der Waals surface area contributed by atoms with Gasteiger partial charge in [-0.05, 0) is 59.9 Å². The smallest absolute Gasteiger partial charge is 0.198 e. The summed E-state index contributed by atoms with van der Waals surface area (Å²) in [6.07, 6.45) is 6.00. The van der Waals surface area contributed by atoms with Crippen molar-refractivity contribution in [3.8, 4) is 11.5 Å². The van der Waals surface area contributed by atoms with Crippen molar-refractivity contribution in [2.24, 2.45) is 0 Å². The molecule has 1 aliphatic carbocycles. The third kappa shape index (κ3) is 4.06. The number of phenolic OH excluding ortho intramolecular Hbond substituents is 2. The van der Waals surface area contributed by atoms with Crippen molar-refractivity contribution in [1.82, 2.24) is 0 Å². The van der Waals surface area contributed by atoms with Crippen molar-refractivity contribution in [2.45, 2.75) is 81.2 Å².